The first-order valence-electron chi connectivity index (χ1n) is 7.42. The molecule has 23 heavy (non-hydrogen) atoms. The summed E-state index contributed by atoms with van der Waals surface area (Å²) in [5.41, 5.74) is 2.88. The van der Waals surface area contributed by atoms with E-state index in [2.05, 4.69) is 17.1 Å². The summed E-state index contributed by atoms with van der Waals surface area (Å²) >= 11 is 5.80. The van der Waals surface area contributed by atoms with Crippen molar-refractivity contribution >= 4 is 23.4 Å². The Kier molecular flexibility index (Phi) is 4.63. The van der Waals surface area contributed by atoms with Crippen LogP contribution in [-0.2, 0) is 11.3 Å². The van der Waals surface area contributed by atoms with E-state index in [1.54, 1.807) is 24.3 Å². The second-order valence-electron chi connectivity index (χ2n) is 5.36. The number of carbonyl (C=O) groups is 1. The number of rotatable bonds is 4. The summed E-state index contributed by atoms with van der Waals surface area (Å²) in [6, 6.07) is 14.8. The number of aliphatic imine (C=N–C) groups is 1. The molecule has 0 atom stereocenters. The van der Waals surface area contributed by atoms with Gasteiger partial charge < -0.3 is 9.64 Å². The molecule has 2 aromatic carbocycles. The maximum atomic E-state index is 11.9. The van der Waals surface area contributed by atoms with Gasteiger partial charge in [0.1, 0.15) is 12.4 Å². The predicted molar refractivity (Wildman–Crippen MR) is 91.0 cm³/mol. The minimum absolute atomic E-state index is 0.305. The molecule has 0 radical (unpaired) electrons. The van der Waals surface area contributed by atoms with Crippen molar-refractivity contribution in [2.45, 2.75) is 6.54 Å². The smallest absolute Gasteiger partial charge is 0.338 e. The molecule has 0 saturated carbocycles. The van der Waals surface area contributed by atoms with Gasteiger partial charge in [0.25, 0.3) is 0 Å². The van der Waals surface area contributed by atoms with Crippen molar-refractivity contribution in [1.82, 2.24) is 4.90 Å². The highest BCUT2D eigenvalue weighted by Gasteiger charge is 2.18. The third kappa shape index (κ3) is 3.54. The lowest BCUT2D eigenvalue weighted by molar-refractivity contribution is 0.0492. The van der Waals surface area contributed by atoms with Gasteiger partial charge in [-0.05, 0) is 29.8 Å². The number of likely N-dealkylation sites (N-methyl/N-ethyl adjacent to an activating group) is 1. The molecule has 0 spiro atoms. The normalized spacial score (nSPS) is 12.5. The average molecular weight is 329 g/mol. The van der Waals surface area contributed by atoms with Gasteiger partial charge in [0, 0.05) is 17.6 Å². The molecule has 2 aromatic rings. The lowest BCUT2D eigenvalue weighted by atomic mass is 10.1. The molecule has 0 aromatic heterocycles. The molecule has 0 saturated heterocycles. The lowest BCUT2D eigenvalue weighted by Gasteiger charge is -2.19. The van der Waals surface area contributed by atoms with E-state index < -0.39 is 0 Å². The van der Waals surface area contributed by atoms with Gasteiger partial charge in [0.05, 0.1) is 18.7 Å². The van der Waals surface area contributed by atoms with Crippen molar-refractivity contribution < 1.29 is 9.53 Å². The maximum Gasteiger partial charge on any atom is 0.338 e. The van der Waals surface area contributed by atoms with Crippen molar-refractivity contribution in [3.05, 3.63) is 70.2 Å². The fraction of sp³-hybridized carbons (Fsp3) is 0.222. The van der Waals surface area contributed by atoms with Crippen molar-refractivity contribution in [3.63, 3.8) is 0 Å². The minimum Gasteiger partial charge on any atom is -0.460 e. The summed E-state index contributed by atoms with van der Waals surface area (Å²) in [6.07, 6.45) is 0. The number of hydrogen-bond donors (Lipinski definition) is 0. The molecule has 0 bridgehead atoms. The van der Waals surface area contributed by atoms with Crippen LogP contribution in [0.2, 0.25) is 5.02 Å². The van der Waals surface area contributed by atoms with Crippen LogP contribution < -0.4 is 0 Å². The molecule has 1 heterocycles. The number of hydrogen-bond acceptors (Lipinski definition) is 4. The Morgan fingerprint density at radius 3 is 2.74 bits per heavy atom. The monoisotopic (exact) mass is 328 g/mol. The Balaban J connectivity index is 1.53. The summed E-state index contributed by atoms with van der Waals surface area (Å²) in [5, 5.41) is 0.596. The van der Waals surface area contributed by atoms with Crippen LogP contribution >= 0.6 is 11.6 Å². The summed E-state index contributed by atoms with van der Waals surface area (Å²) < 4.78 is 5.31. The largest absolute Gasteiger partial charge is 0.460 e. The number of ether oxygens (including phenoxy) is 1. The van der Waals surface area contributed by atoms with Crippen molar-refractivity contribution in [1.29, 1.82) is 0 Å². The van der Waals surface area contributed by atoms with Gasteiger partial charge in [0.2, 0.25) is 0 Å². The Hall–Kier alpha value is -2.33. The van der Waals surface area contributed by atoms with Crippen LogP contribution in [0.1, 0.15) is 21.5 Å². The number of esters is 1. The zero-order valence-electron chi connectivity index (χ0n) is 12.8. The van der Waals surface area contributed by atoms with Crippen molar-refractivity contribution in [3.8, 4) is 0 Å². The highest BCUT2D eigenvalue weighted by atomic mass is 35.5. The minimum atomic E-state index is -0.344. The van der Waals surface area contributed by atoms with E-state index in [0.29, 0.717) is 30.3 Å². The molecule has 0 N–H and O–H groups in total. The third-order valence-corrected chi connectivity index (χ3v) is 4.01. The summed E-state index contributed by atoms with van der Waals surface area (Å²) in [7, 11) is 1.96. The Morgan fingerprint density at radius 2 is 1.96 bits per heavy atom. The lowest BCUT2D eigenvalue weighted by Crippen LogP contribution is -2.30. The van der Waals surface area contributed by atoms with E-state index >= 15 is 0 Å². The van der Waals surface area contributed by atoms with Crippen molar-refractivity contribution in [2.24, 2.45) is 4.99 Å². The van der Waals surface area contributed by atoms with E-state index in [-0.39, 0.29) is 5.97 Å². The highest BCUT2D eigenvalue weighted by molar-refractivity contribution is 6.30. The zero-order valence-corrected chi connectivity index (χ0v) is 13.6. The maximum absolute atomic E-state index is 11.9. The van der Waals surface area contributed by atoms with E-state index in [1.165, 1.54) is 5.56 Å². The molecule has 3 rings (SSSR count). The summed E-state index contributed by atoms with van der Waals surface area (Å²) in [5.74, 6) is 0.604. The second kappa shape index (κ2) is 6.84. The Bertz CT molecular complexity index is 741. The quantitative estimate of drug-likeness (QED) is 0.808. The fourth-order valence-electron chi connectivity index (χ4n) is 2.50. The number of nitrogens with zero attached hydrogens (tertiary/aromatic N) is 2. The topological polar surface area (TPSA) is 41.9 Å². The highest BCUT2D eigenvalue weighted by Crippen LogP contribution is 2.19. The molecule has 4 nitrogen and oxygen atoms in total. The van der Waals surface area contributed by atoms with Crippen LogP contribution in [0.4, 0.5) is 0 Å². The van der Waals surface area contributed by atoms with Gasteiger partial charge in [-0.3, -0.25) is 4.99 Å². The standard InChI is InChI=1S/C18H17ClN2O2/c1-21(17-16-5-3-2-4-14(16)12-20-17)10-11-23-18(22)13-6-8-15(19)9-7-13/h2-9H,10-12H2,1H3. The van der Waals surface area contributed by atoms with E-state index in [1.807, 2.05) is 24.1 Å². The van der Waals surface area contributed by atoms with Gasteiger partial charge in [0.15, 0.2) is 0 Å². The van der Waals surface area contributed by atoms with Crippen LogP contribution in [0.3, 0.4) is 0 Å². The molecule has 1 aliphatic rings. The number of carbonyl (C=O) groups excluding carboxylic acids is 1. The zero-order chi connectivity index (χ0) is 16.2. The molecule has 1 aliphatic heterocycles. The van der Waals surface area contributed by atoms with Crippen LogP contribution in [0, 0.1) is 0 Å². The first-order valence-corrected chi connectivity index (χ1v) is 7.79. The molecule has 118 valence electrons. The molecule has 5 heteroatoms. The number of fused-ring (bicyclic) bond motifs is 1. The Labute approximate surface area is 140 Å². The van der Waals surface area contributed by atoms with E-state index in [4.69, 9.17) is 16.3 Å². The Morgan fingerprint density at radius 1 is 1.22 bits per heavy atom. The fourth-order valence-corrected chi connectivity index (χ4v) is 2.62. The van der Waals surface area contributed by atoms with E-state index in [0.717, 1.165) is 11.4 Å². The van der Waals surface area contributed by atoms with Crippen molar-refractivity contribution in [2.75, 3.05) is 20.2 Å². The van der Waals surface area contributed by atoms with Crippen LogP contribution in [0.5, 0.6) is 0 Å². The average Bonchev–Trinajstić information content (AvgIpc) is 2.99. The number of benzene rings is 2. The second-order valence-corrected chi connectivity index (χ2v) is 5.80. The molecule has 0 aliphatic carbocycles. The SMILES string of the molecule is CN(CCOC(=O)c1ccc(Cl)cc1)C1=NCc2ccccc21. The van der Waals surface area contributed by atoms with Gasteiger partial charge >= 0.3 is 5.97 Å². The summed E-state index contributed by atoms with van der Waals surface area (Å²) in [6.45, 7) is 1.60. The van der Waals surface area contributed by atoms with Crippen LogP contribution in [-0.4, -0.2) is 36.9 Å². The van der Waals surface area contributed by atoms with Gasteiger partial charge in [-0.25, -0.2) is 4.79 Å². The number of halogens is 1. The first-order chi connectivity index (χ1) is 11.1. The van der Waals surface area contributed by atoms with Gasteiger partial charge in [-0.15, -0.1) is 0 Å². The molecular formula is C18H17ClN2O2. The van der Waals surface area contributed by atoms with Crippen LogP contribution in [0.25, 0.3) is 0 Å². The van der Waals surface area contributed by atoms with E-state index in [9.17, 15) is 4.79 Å². The summed E-state index contributed by atoms with van der Waals surface area (Å²) in [4.78, 5) is 18.5. The molecule has 0 fully saturated rings. The third-order valence-electron chi connectivity index (χ3n) is 3.76. The molecular weight excluding hydrogens is 312 g/mol. The number of amidine groups is 1. The molecule has 0 unspecified atom stereocenters. The predicted octanol–water partition coefficient (Wildman–Crippen LogP) is 3.39. The molecule has 0 amide bonds. The van der Waals surface area contributed by atoms with Crippen LogP contribution in [0.15, 0.2) is 53.5 Å². The van der Waals surface area contributed by atoms with Gasteiger partial charge in [-0.2, -0.15) is 0 Å². The first kappa shape index (κ1) is 15.6. The van der Waals surface area contributed by atoms with Gasteiger partial charge in [-0.1, -0.05) is 35.9 Å².